The maximum atomic E-state index is 13.2. The molecule has 188 valence electrons. The predicted molar refractivity (Wildman–Crippen MR) is 136 cm³/mol. The van der Waals surface area contributed by atoms with Crippen molar-refractivity contribution in [1.82, 2.24) is 19.4 Å². The Bertz CT molecular complexity index is 1420. The number of H-pyrrole nitrogens is 1. The lowest BCUT2D eigenvalue weighted by atomic mass is 10.1. The van der Waals surface area contributed by atoms with E-state index in [0.717, 1.165) is 56.1 Å². The predicted octanol–water partition coefficient (Wildman–Crippen LogP) is 2.92. The largest absolute Gasteiger partial charge is 0.454 e. The summed E-state index contributed by atoms with van der Waals surface area (Å²) in [5.74, 6) is 1.53. The molecule has 2 saturated heterocycles. The quantitative estimate of drug-likeness (QED) is 0.530. The summed E-state index contributed by atoms with van der Waals surface area (Å²) in [5.41, 5.74) is 2.14. The van der Waals surface area contributed by atoms with Crippen LogP contribution in [0.2, 0.25) is 0 Å². The van der Waals surface area contributed by atoms with Crippen LogP contribution in [0.25, 0.3) is 10.9 Å². The second-order valence-corrected chi connectivity index (χ2v) is 9.88. The van der Waals surface area contributed by atoms with Crippen molar-refractivity contribution >= 4 is 29.0 Å². The Labute approximate surface area is 213 Å². The lowest BCUT2D eigenvalue weighted by Crippen LogP contribution is -2.48. The fraction of sp³-hybridized carbons (Fsp3) is 0.423. The second kappa shape index (κ2) is 9.68. The van der Waals surface area contributed by atoms with Crippen LogP contribution in [0, 0.1) is 4.77 Å². The van der Waals surface area contributed by atoms with Gasteiger partial charge < -0.3 is 24.1 Å². The van der Waals surface area contributed by atoms with Gasteiger partial charge in [0.1, 0.15) is 0 Å². The number of benzene rings is 2. The van der Waals surface area contributed by atoms with E-state index < -0.39 is 0 Å². The van der Waals surface area contributed by atoms with Crippen LogP contribution in [0.5, 0.6) is 11.5 Å². The molecule has 3 aliphatic rings. The second-order valence-electron chi connectivity index (χ2n) is 9.50. The number of aromatic nitrogens is 2. The molecule has 4 heterocycles. The van der Waals surface area contributed by atoms with Crippen LogP contribution in [0.4, 0.5) is 0 Å². The van der Waals surface area contributed by atoms with Gasteiger partial charge in [0.25, 0.3) is 11.5 Å². The molecule has 10 heteroatoms. The average molecular weight is 509 g/mol. The van der Waals surface area contributed by atoms with E-state index in [1.165, 1.54) is 0 Å². The average Bonchev–Trinajstić information content (AvgIpc) is 3.58. The third kappa shape index (κ3) is 4.52. The van der Waals surface area contributed by atoms with Gasteiger partial charge in [-0.15, -0.1) is 0 Å². The number of carbonyl (C=O) groups is 1. The Balaban J connectivity index is 1.12. The van der Waals surface area contributed by atoms with Crippen molar-refractivity contribution in [2.45, 2.75) is 32.0 Å². The number of ether oxygens (including phenoxy) is 3. The Hall–Kier alpha value is -3.21. The topological polar surface area (TPSA) is 89.0 Å². The van der Waals surface area contributed by atoms with Gasteiger partial charge in [-0.05, 0) is 61.0 Å². The maximum Gasteiger partial charge on any atom is 0.262 e. The van der Waals surface area contributed by atoms with Gasteiger partial charge in [0.2, 0.25) is 6.79 Å². The molecule has 0 saturated carbocycles. The SMILES string of the molecule is O=C(c1ccc2c(=O)n(CC3CCCO3)c(=S)[nH]c2c1)N1CCN(Cc2ccc3c(c2)OCO3)CC1. The maximum absolute atomic E-state index is 13.2. The summed E-state index contributed by atoms with van der Waals surface area (Å²) in [4.78, 5) is 33.7. The van der Waals surface area contributed by atoms with Gasteiger partial charge in [0, 0.05) is 44.9 Å². The highest BCUT2D eigenvalue weighted by atomic mass is 32.1. The van der Waals surface area contributed by atoms with E-state index in [4.69, 9.17) is 26.4 Å². The van der Waals surface area contributed by atoms with Gasteiger partial charge >= 0.3 is 0 Å². The molecule has 2 fully saturated rings. The molecule has 3 aromatic rings. The van der Waals surface area contributed by atoms with E-state index in [9.17, 15) is 9.59 Å². The third-order valence-electron chi connectivity index (χ3n) is 7.14. The number of nitrogens with one attached hydrogen (secondary N) is 1. The van der Waals surface area contributed by atoms with Crippen LogP contribution < -0.4 is 15.0 Å². The number of aromatic amines is 1. The first kappa shape index (κ1) is 23.2. The molecule has 6 rings (SSSR count). The van der Waals surface area contributed by atoms with Crippen molar-refractivity contribution < 1.29 is 19.0 Å². The van der Waals surface area contributed by atoms with Gasteiger partial charge in [-0.3, -0.25) is 19.1 Å². The highest BCUT2D eigenvalue weighted by Gasteiger charge is 2.24. The van der Waals surface area contributed by atoms with Crippen molar-refractivity contribution in [2.75, 3.05) is 39.6 Å². The van der Waals surface area contributed by atoms with E-state index in [-0.39, 0.29) is 24.4 Å². The number of piperazine rings is 1. The molecule has 36 heavy (non-hydrogen) atoms. The minimum atomic E-state index is -0.152. The highest BCUT2D eigenvalue weighted by Crippen LogP contribution is 2.33. The first-order chi connectivity index (χ1) is 17.5. The Morgan fingerprint density at radius 2 is 1.89 bits per heavy atom. The fourth-order valence-corrected chi connectivity index (χ4v) is 5.40. The molecule has 1 unspecified atom stereocenters. The standard InChI is InChI=1S/C26H28N4O5S/c31-24(29-9-7-28(8-10-29)14-17-3-6-22-23(12-17)35-16-34-22)18-4-5-20-21(13-18)27-26(36)30(25(20)32)15-19-2-1-11-33-19/h3-6,12-13,19H,1-2,7-11,14-16H2,(H,27,36). The third-order valence-corrected chi connectivity index (χ3v) is 7.46. The molecule has 0 radical (unpaired) electrons. The molecule has 0 aliphatic carbocycles. The molecule has 3 aliphatic heterocycles. The van der Waals surface area contributed by atoms with Gasteiger partial charge in [-0.25, -0.2) is 0 Å². The lowest BCUT2D eigenvalue weighted by molar-refractivity contribution is 0.0628. The molecular weight excluding hydrogens is 480 g/mol. The number of rotatable bonds is 5. The molecule has 1 amide bonds. The number of amides is 1. The van der Waals surface area contributed by atoms with Crippen LogP contribution in [0.15, 0.2) is 41.2 Å². The van der Waals surface area contributed by atoms with Gasteiger partial charge in [0.05, 0.1) is 23.6 Å². The molecule has 1 aromatic heterocycles. The Morgan fingerprint density at radius 1 is 1.06 bits per heavy atom. The van der Waals surface area contributed by atoms with Crippen molar-refractivity contribution in [3.05, 3.63) is 62.6 Å². The van der Waals surface area contributed by atoms with Gasteiger partial charge in [-0.2, -0.15) is 0 Å². The van der Waals surface area contributed by atoms with Crippen molar-refractivity contribution in [3.8, 4) is 11.5 Å². The number of hydrogen-bond acceptors (Lipinski definition) is 7. The number of carbonyl (C=O) groups excluding carboxylic acids is 1. The van der Waals surface area contributed by atoms with Crippen LogP contribution in [-0.4, -0.2) is 70.9 Å². The Morgan fingerprint density at radius 3 is 2.69 bits per heavy atom. The minimum Gasteiger partial charge on any atom is -0.454 e. The number of fused-ring (bicyclic) bond motifs is 2. The van der Waals surface area contributed by atoms with E-state index in [2.05, 4.69) is 16.0 Å². The van der Waals surface area contributed by atoms with E-state index >= 15 is 0 Å². The summed E-state index contributed by atoms with van der Waals surface area (Å²) in [5, 5.41) is 0.520. The summed E-state index contributed by atoms with van der Waals surface area (Å²) >= 11 is 5.46. The van der Waals surface area contributed by atoms with E-state index in [0.29, 0.717) is 40.9 Å². The summed E-state index contributed by atoms with van der Waals surface area (Å²) < 4.78 is 18.5. The van der Waals surface area contributed by atoms with E-state index in [1.807, 2.05) is 17.0 Å². The Kier molecular flexibility index (Phi) is 6.24. The van der Waals surface area contributed by atoms with E-state index in [1.54, 1.807) is 22.8 Å². The first-order valence-electron chi connectivity index (χ1n) is 12.3. The van der Waals surface area contributed by atoms with Crippen molar-refractivity contribution in [1.29, 1.82) is 0 Å². The smallest absolute Gasteiger partial charge is 0.262 e. The number of hydrogen-bond donors (Lipinski definition) is 1. The zero-order chi connectivity index (χ0) is 24.6. The summed E-state index contributed by atoms with van der Waals surface area (Å²) in [7, 11) is 0. The van der Waals surface area contributed by atoms with Crippen LogP contribution >= 0.6 is 12.2 Å². The molecule has 0 bridgehead atoms. The molecule has 0 spiro atoms. The fourth-order valence-electron chi connectivity index (χ4n) is 5.13. The molecular formula is C26H28N4O5S. The molecule has 2 aromatic carbocycles. The lowest BCUT2D eigenvalue weighted by Gasteiger charge is -2.34. The van der Waals surface area contributed by atoms with Crippen molar-refractivity contribution in [2.24, 2.45) is 0 Å². The highest BCUT2D eigenvalue weighted by molar-refractivity contribution is 7.71. The van der Waals surface area contributed by atoms with Gasteiger partial charge in [0.15, 0.2) is 16.3 Å². The van der Waals surface area contributed by atoms with Crippen LogP contribution in [0.1, 0.15) is 28.8 Å². The van der Waals surface area contributed by atoms with Crippen molar-refractivity contribution in [3.63, 3.8) is 0 Å². The zero-order valence-corrected chi connectivity index (χ0v) is 20.7. The van der Waals surface area contributed by atoms with Crippen LogP contribution in [-0.2, 0) is 17.8 Å². The number of nitrogens with zero attached hydrogens (tertiary/aromatic N) is 3. The minimum absolute atomic E-state index is 0.0137. The van der Waals surface area contributed by atoms with Gasteiger partial charge in [-0.1, -0.05) is 6.07 Å². The van der Waals surface area contributed by atoms with Crippen LogP contribution in [0.3, 0.4) is 0 Å². The monoisotopic (exact) mass is 508 g/mol. The normalized spacial score (nSPS) is 19.8. The molecule has 1 N–H and O–H groups in total. The zero-order valence-electron chi connectivity index (χ0n) is 19.9. The summed E-state index contributed by atoms with van der Waals surface area (Å²) in [6.07, 6.45) is 1.94. The molecule has 9 nitrogen and oxygen atoms in total. The summed E-state index contributed by atoms with van der Waals surface area (Å²) in [6, 6.07) is 11.2. The first-order valence-corrected chi connectivity index (χ1v) is 12.7. The summed E-state index contributed by atoms with van der Waals surface area (Å²) in [6.45, 7) is 5.08. The molecule has 1 atom stereocenters.